The molecule has 0 aromatic carbocycles. The second kappa shape index (κ2) is 12.8. The number of hydrogen-bond donors (Lipinski definition) is 8. The maximum absolute atomic E-state index is 11.8. The fraction of sp³-hybridized carbons (Fsp3) is 1.00. The molecule has 23 unspecified atom stereocenters. The van der Waals surface area contributed by atoms with E-state index in [-0.39, 0.29) is 59.0 Å². The Morgan fingerprint density at radius 3 is 2.14 bits per heavy atom. The summed E-state index contributed by atoms with van der Waals surface area (Å²) < 4.78 is 32.5. The number of fused-ring (bicyclic) bond motifs is 7. The van der Waals surface area contributed by atoms with Gasteiger partial charge in [0.05, 0.1) is 37.6 Å². The zero-order chi connectivity index (χ0) is 36.6. The van der Waals surface area contributed by atoms with E-state index in [2.05, 4.69) is 27.7 Å². The standard InChI is InChI=1S/C38H62O13/c1-16-10-27(41)37(48-14-16)17(2)28-26(51-37)13-22-20-12-25(23-11-19(39)6-8-35(23,4)21(20)7-9-36(22,28)5)50-38(33(46)31(44)29(42)18(3)49-38)34-32(45)30(43)24(40)15-47-34/h16-34,39-46H,6-15H2,1-5H3. The minimum atomic E-state index is -2.21. The van der Waals surface area contributed by atoms with Gasteiger partial charge in [-0.1, -0.05) is 27.7 Å². The highest BCUT2D eigenvalue weighted by molar-refractivity contribution is 5.18. The Bertz CT molecular complexity index is 1310. The van der Waals surface area contributed by atoms with Crippen molar-refractivity contribution in [1.29, 1.82) is 0 Å². The Balaban J connectivity index is 1.15. The lowest BCUT2D eigenvalue weighted by atomic mass is 9.43. The van der Waals surface area contributed by atoms with E-state index >= 15 is 0 Å². The molecule has 1 spiro atoms. The summed E-state index contributed by atoms with van der Waals surface area (Å²) in [6.45, 7) is 10.7. The van der Waals surface area contributed by atoms with Gasteiger partial charge in [0.25, 0.3) is 0 Å². The summed E-state index contributed by atoms with van der Waals surface area (Å²) in [5, 5.41) is 88.4. The number of ether oxygens (including phenoxy) is 5. The first-order valence-corrected chi connectivity index (χ1v) is 19.7. The quantitative estimate of drug-likeness (QED) is 0.186. The average Bonchev–Trinajstić information content (AvgIpc) is 3.54. The molecule has 0 bridgehead atoms. The van der Waals surface area contributed by atoms with Crippen molar-refractivity contribution in [3.05, 3.63) is 0 Å². The summed E-state index contributed by atoms with van der Waals surface area (Å²) in [7, 11) is 0. The Kier molecular flexibility index (Phi) is 9.36. The first-order valence-electron chi connectivity index (χ1n) is 19.7. The van der Waals surface area contributed by atoms with Gasteiger partial charge in [0.2, 0.25) is 5.79 Å². The van der Waals surface area contributed by atoms with Gasteiger partial charge in [-0.25, -0.2) is 0 Å². The highest BCUT2D eigenvalue weighted by atomic mass is 16.7. The fourth-order valence-electron chi connectivity index (χ4n) is 13.5. The number of aliphatic hydroxyl groups excluding tert-OH is 8. The Morgan fingerprint density at radius 1 is 0.686 bits per heavy atom. The molecule has 8 fully saturated rings. The summed E-state index contributed by atoms with van der Waals surface area (Å²) in [6.07, 6.45) is -8.32. The maximum Gasteiger partial charge on any atom is 0.227 e. The van der Waals surface area contributed by atoms with Crippen molar-refractivity contribution in [2.45, 2.75) is 171 Å². The molecule has 8 rings (SSSR count). The second-order valence-electron chi connectivity index (χ2n) is 18.7. The van der Waals surface area contributed by atoms with Gasteiger partial charge in [-0.15, -0.1) is 0 Å². The molecule has 0 radical (unpaired) electrons. The van der Waals surface area contributed by atoms with E-state index < -0.39 is 78.7 Å². The summed E-state index contributed by atoms with van der Waals surface area (Å²) in [5.41, 5.74) is -0.343. The number of aliphatic hydroxyl groups is 8. The van der Waals surface area contributed by atoms with E-state index in [1.54, 1.807) is 0 Å². The van der Waals surface area contributed by atoms with Crippen LogP contribution in [0.3, 0.4) is 0 Å². The van der Waals surface area contributed by atoms with Crippen molar-refractivity contribution in [2.75, 3.05) is 13.2 Å². The highest BCUT2D eigenvalue weighted by Crippen LogP contribution is 2.72. The minimum Gasteiger partial charge on any atom is -0.393 e. The molecule has 51 heavy (non-hydrogen) atoms. The molecule has 4 heterocycles. The van der Waals surface area contributed by atoms with Crippen molar-refractivity contribution in [2.24, 2.45) is 52.3 Å². The lowest BCUT2D eigenvalue weighted by Gasteiger charge is -2.64. The molecule has 4 saturated carbocycles. The van der Waals surface area contributed by atoms with Crippen molar-refractivity contribution < 1.29 is 64.5 Å². The van der Waals surface area contributed by atoms with Gasteiger partial charge in [-0.2, -0.15) is 0 Å². The molecule has 0 aromatic rings. The van der Waals surface area contributed by atoms with Crippen molar-refractivity contribution in [1.82, 2.24) is 0 Å². The van der Waals surface area contributed by atoms with E-state index in [9.17, 15) is 40.9 Å². The smallest absolute Gasteiger partial charge is 0.227 e. The Labute approximate surface area is 300 Å². The maximum atomic E-state index is 11.8. The van der Waals surface area contributed by atoms with Gasteiger partial charge in [-0.3, -0.25) is 0 Å². The SMILES string of the molecule is CC1COC2(OC3CC4C5CC(OC6(C7OCC(O)C(O)C7O)OC(C)C(O)C(O)C6O)C6CC(O)CCC6(C)C5CCC4(C)C3C2C)C(O)C1. The molecule has 8 aliphatic rings. The van der Waals surface area contributed by atoms with Crippen LogP contribution in [0.5, 0.6) is 0 Å². The molecule has 13 heteroatoms. The van der Waals surface area contributed by atoms with Crippen LogP contribution in [0.25, 0.3) is 0 Å². The van der Waals surface area contributed by atoms with Gasteiger partial charge < -0.3 is 64.5 Å². The topological polar surface area (TPSA) is 208 Å². The van der Waals surface area contributed by atoms with Crippen LogP contribution in [0.2, 0.25) is 0 Å². The van der Waals surface area contributed by atoms with Gasteiger partial charge >= 0.3 is 0 Å². The fourth-order valence-corrected chi connectivity index (χ4v) is 13.5. The van der Waals surface area contributed by atoms with Crippen LogP contribution in [0.1, 0.15) is 86.0 Å². The average molecular weight is 727 g/mol. The van der Waals surface area contributed by atoms with Crippen LogP contribution >= 0.6 is 0 Å². The van der Waals surface area contributed by atoms with Gasteiger partial charge in [0.1, 0.15) is 48.8 Å². The molecule has 0 amide bonds. The zero-order valence-corrected chi connectivity index (χ0v) is 30.7. The molecular formula is C38H62O13. The Morgan fingerprint density at radius 2 is 1.41 bits per heavy atom. The Hall–Kier alpha value is -0.520. The van der Waals surface area contributed by atoms with Crippen molar-refractivity contribution in [3.63, 3.8) is 0 Å². The molecule has 4 aliphatic carbocycles. The largest absolute Gasteiger partial charge is 0.393 e. The van der Waals surface area contributed by atoms with E-state index in [1.165, 1.54) is 6.92 Å². The van der Waals surface area contributed by atoms with Gasteiger partial charge in [-0.05, 0) is 105 Å². The summed E-state index contributed by atoms with van der Waals surface area (Å²) >= 11 is 0. The van der Waals surface area contributed by atoms with Crippen LogP contribution in [0, 0.1) is 52.3 Å². The monoisotopic (exact) mass is 726 g/mol. The summed E-state index contributed by atoms with van der Waals surface area (Å²) in [5.74, 6) is -2.15. The molecule has 23 atom stereocenters. The third-order valence-electron chi connectivity index (χ3n) is 16.1. The van der Waals surface area contributed by atoms with Crippen molar-refractivity contribution in [3.8, 4) is 0 Å². The molecule has 8 N–H and O–H groups in total. The predicted octanol–water partition coefficient (Wildman–Crippen LogP) is 0.439. The van der Waals surface area contributed by atoms with Crippen LogP contribution in [0.15, 0.2) is 0 Å². The molecule has 4 saturated heterocycles. The van der Waals surface area contributed by atoms with E-state index in [1.807, 2.05) is 0 Å². The van der Waals surface area contributed by atoms with Crippen LogP contribution in [-0.4, -0.2) is 139 Å². The minimum absolute atomic E-state index is 0.00414. The lowest BCUT2D eigenvalue weighted by Crippen LogP contribution is -2.75. The first kappa shape index (κ1) is 37.4. The van der Waals surface area contributed by atoms with Gasteiger partial charge in [0, 0.05) is 5.92 Å². The van der Waals surface area contributed by atoms with E-state index in [0.717, 1.165) is 25.7 Å². The summed E-state index contributed by atoms with van der Waals surface area (Å²) in [6, 6.07) is 0. The predicted molar refractivity (Wildman–Crippen MR) is 178 cm³/mol. The van der Waals surface area contributed by atoms with Crippen LogP contribution < -0.4 is 0 Å². The first-order chi connectivity index (χ1) is 24.0. The molecule has 13 nitrogen and oxygen atoms in total. The molecule has 0 aromatic heterocycles. The highest BCUT2D eigenvalue weighted by Gasteiger charge is 2.72. The third kappa shape index (κ3) is 5.27. The van der Waals surface area contributed by atoms with E-state index in [4.69, 9.17) is 23.7 Å². The van der Waals surface area contributed by atoms with Gasteiger partial charge in [0.15, 0.2) is 5.79 Å². The van der Waals surface area contributed by atoms with Crippen LogP contribution in [-0.2, 0) is 23.7 Å². The molecular weight excluding hydrogens is 664 g/mol. The number of rotatable bonds is 3. The normalized spacial score (nSPS) is 62.9. The zero-order valence-electron chi connectivity index (χ0n) is 30.7. The number of hydrogen-bond acceptors (Lipinski definition) is 13. The molecule has 4 aliphatic heterocycles. The van der Waals surface area contributed by atoms with E-state index in [0.29, 0.717) is 38.2 Å². The third-order valence-corrected chi connectivity index (χ3v) is 16.1. The lowest BCUT2D eigenvalue weighted by molar-refractivity contribution is -0.425. The van der Waals surface area contributed by atoms with Crippen molar-refractivity contribution >= 4 is 0 Å². The second-order valence-corrected chi connectivity index (χ2v) is 18.7. The molecule has 292 valence electrons. The summed E-state index contributed by atoms with van der Waals surface area (Å²) in [4.78, 5) is 0. The van der Waals surface area contributed by atoms with Crippen LogP contribution in [0.4, 0.5) is 0 Å².